The number of hydrogen-bond donors (Lipinski definition) is 3. The average molecular weight is 341 g/mol. The van der Waals surface area contributed by atoms with Crippen LogP contribution in [0.2, 0.25) is 0 Å². The first-order valence-corrected chi connectivity index (χ1v) is 8.36. The fourth-order valence-electron chi connectivity index (χ4n) is 3.41. The molecule has 1 aromatic carbocycles. The predicted molar refractivity (Wildman–Crippen MR) is 100 cm³/mol. The second-order valence-corrected chi connectivity index (χ2v) is 6.14. The van der Waals surface area contributed by atoms with Crippen molar-refractivity contribution in [1.29, 1.82) is 0 Å². The molecule has 0 radical (unpaired) electrons. The van der Waals surface area contributed by atoms with Gasteiger partial charge in [0, 0.05) is 41.0 Å². The molecule has 6 nitrogen and oxygen atoms in total. The average Bonchev–Trinajstić information content (AvgIpc) is 3.28. The number of pyridine rings is 2. The molecule has 0 fully saturated rings. The Labute approximate surface area is 149 Å². The molecule has 6 heteroatoms. The number of para-hydroxylation sites is 1. The zero-order valence-corrected chi connectivity index (χ0v) is 13.8. The van der Waals surface area contributed by atoms with Gasteiger partial charge in [-0.05, 0) is 18.2 Å². The van der Waals surface area contributed by atoms with Gasteiger partial charge in [0.1, 0.15) is 5.82 Å². The van der Waals surface area contributed by atoms with Crippen LogP contribution in [-0.2, 0) is 6.54 Å². The molecule has 0 aliphatic carbocycles. The maximum atomic E-state index is 12.5. The van der Waals surface area contributed by atoms with E-state index in [9.17, 15) is 4.79 Å². The summed E-state index contributed by atoms with van der Waals surface area (Å²) in [5.74, 6) is 0.581. The van der Waals surface area contributed by atoms with Gasteiger partial charge in [-0.2, -0.15) is 0 Å². The van der Waals surface area contributed by atoms with Gasteiger partial charge in [0.05, 0.1) is 23.1 Å². The standard InChI is InChI=1S/C20H15N5O/c26-20-18-14(10-24-20)19(13-9-22-15-6-2-1-5-12(13)15)23-11-16(18)25-17-7-3-4-8-21-17/h1-9,11,22H,10H2,(H,21,25)(H,24,26). The van der Waals surface area contributed by atoms with Gasteiger partial charge in [-0.1, -0.05) is 24.3 Å². The third-order valence-corrected chi connectivity index (χ3v) is 4.60. The van der Waals surface area contributed by atoms with E-state index in [2.05, 4.69) is 31.7 Å². The minimum absolute atomic E-state index is 0.0954. The highest BCUT2D eigenvalue weighted by atomic mass is 16.1. The molecule has 1 aliphatic rings. The molecule has 126 valence electrons. The van der Waals surface area contributed by atoms with E-state index in [0.29, 0.717) is 23.6 Å². The fraction of sp³-hybridized carbons (Fsp3) is 0.0500. The molecule has 3 aromatic heterocycles. The van der Waals surface area contributed by atoms with Crippen molar-refractivity contribution in [3.63, 3.8) is 0 Å². The number of nitrogens with zero attached hydrogens (tertiary/aromatic N) is 2. The maximum absolute atomic E-state index is 12.5. The van der Waals surface area contributed by atoms with Crippen LogP contribution in [0.25, 0.3) is 22.2 Å². The van der Waals surface area contributed by atoms with Crippen LogP contribution in [0.4, 0.5) is 11.5 Å². The van der Waals surface area contributed by atoms with Crippen LogP contribution in [0.15, 0.2) is 61.1 Å². The first kappa shape index (κ1) is 14.7. The summed E-state index contributed by atoms with van der Waals surface area (Å²) in [4.78, 5) is 24.7. The summed E-state index contributed by atoms with van der Waals surface area (Å²) in [6.45, 7) is 0.466. The zero-order valence-electron chi connectivity index (χ0n) is 13.8. The second-order valence-electron chi connectivity index (χ2n) is 6.14. The van der Waals surface area contributed by atoms with E-state index < -0.39 is 0 Å². The Morgan fingerprint density at radius 2 is 1.92 bits per heavy atom. The quantitative estimate of drug-likeness (QED) is 0.531. The number of nitrogens with one attached hydrogen (secondary N) is 3. The van der Waals surface area contributed by atoms with E-state index in [-0.39, 0.29) is 5.91 Å². The highest BCUT2D eigenvalue weighted by Crippen LogP contribution is 2.36. The molecule has 4 aromatic rings. The number of aromatic amines is 1. The summed E-state index contributed by atoms with van der Waals surface area (Å²) in [6.07, 6.45) is 5.35. The first-order chi connectivity index (χ1) is 12.8. The van der Waals surface area contributed by atoms with Crippen molar-refractivity contribution in [3.8, 4) is 11.3 Å². The lowest BCUT2D eigenvalue weighted by Crippen LogP contribution is -2.13. The van der Waals surface area contributed by atoms with Gasteiger partial charge >= 0.3 is 0 Å². The Bertz CT molecular complexity index is 1130. The number of anilines is 2. The normalized spacial score (nSPS) is 12.8. The summed E-state index contributed by atoms with van der Waals surface area (Å²) in [5.41, 5.74) is 5.06. The third-order valence-electron chi connectivity index (χ3n) is 4.60. The van der Waals surface area contributed by atoms with Gasteiger partial charge in [-0.3, -0.25) is 9.78 Å². The van der Waals surface area contributed by atoms with Crippen LogP contribution in [0.5, 0.6) is 0 Å². The van der Waals surface area contributed by atoms with Crippen molar-refractivity contribution in [2.24, 2.45) is 0 Å². The summed E-state index contributed by atoms with van der Waals surface area (Å²) in [5, 5.41) is 7.20. The van der Waals surface area contributed by atoms with Crippen molar-refractivity contribution in [2.75, 3.05) is 5.32 Å². The maximum Gasteiger partial charge on any atom is 0.254 e. The number of rotatable bonds is 3. The van der Waals surface area contributed by atoms with Gasteiger partial charge in [-0.25, -0.2) is 4.98 Å². The van der Waals surface area contributed by atoms with Gasteiger partial charge in [0.2, 0.25) is 0 Å². The number of amides is 1. The number of H-pyrrole nitrogens is 1. The third kappa shape index (κ3) is 2.23. The lowest BCUT2D eigenvalue weighted by Gasteiger charge is -2.11. The first-order valence-electron chi connectivity index (χ1n) is 8.36. The highest BCUT2D eigenvalue weighted by molar-refractivity contribution is 6.07. The Hall–Kier alpha value is -3.67. The van der Waals surface area contributed by atoms with Crippen molar-refractivity contribution >= 4 is 28.3 Å². The molecule has 1 aliphatic heterocycles. The van der Waals surface area contributed by atoms with Crippen molar-refractivity contribution in [2.45, 2.75) is 6.54 Å². The minimum atomic E-state index is -0.0954. The Morgan fingerprint density at radius 1 is 1.04 bits per heavy atom. The van der Waals surface area contributed by atoms with E-state index in [0.717, 1.165) is 27.7 Å². The SMILES string of the molecule is O=C1NCc2c(-c3c[nH]c4ccccc34)ncc(Nc3ccccn3)c21. The van der Waals surface area contributed by atoms with E-state index >= 15 is 0 Å². The van der Waals surface area contributed by atoms with Gasteiger partial charge < -0.3 is 15.6 Å². The molecule has 0 saturated carbocycles. The predicted octanol–water partition coefficient (Wildman–Crippen LogP) is 3.61. The lowest BCUT2D eigenvalue weighted by molar-refractivity contribution is 0.0966. The Kier molecular flexibility index (Phi) is 3.21. The van der Waals surface area contributed by atoms with Crippen LogP contribution in [-0.4, -0.2) is 20.9 Å². The Balaban J connectivity index is 1.66. The second kappa shape index (κ2) is 5.70. The van der Waals surface area contributed by atoms with Crippen LogP contribution in [0, 0.1) is 0 Å². The molecule has 26 heavy (non-hydrogen) atoms. The number of carbonyl (C=O) groups is 1. The summed E-state index contributed by atoms with van der Waals surface area (Å²) in [7, 11) is 0. The summed E-state index contributed by atoms with van der Waals surface area (Å²) in [6, 6.07) is 13.7. The Morgan fingerprint density at radius 3 is 2.81 bits per heavy atom. The van der Waals surface area contributed by atoms with Crippen LogP contribution < -0.4 is 10.6 Å². The number of fused-ring (bicyclic) bond motifs is 2. The van der Waals surface area contributed by atoms with E-state index in [1.54, 1.807) is 12.4 Å². The number of hydrogen-bond acceptors (Lipinski definition) is 4. The van der Waals surface area contributed by atoms with Gasteiger partial charge in [-0.15, -0.1) is 0 Å². The van der Waals surface area contributed by atoms with E-state index in [1.165, 1.54) is 0 Å². The molecule has 3 N–H and O–H groups in total. The molecule has 5 rings (SSSR count). The summed E-state index contributed by atoms with van der Waals surface area (Å²) >= 11 is 0. The van der Waals surface area contributed by atoms with Crippen LogP contribution in [0.3, 0.4) is 0 Å². The molecule has 0 atom stereocenters. The smallest absolute Gasteiger partial charge is 0.254 e. The number of aromatic nitrogens is 3. The minimum Gasteiger partial charge on any atom is -0.360 e. The van der Waals surface area contributed by atoms with E-state index in [4.69, 9.17) is 0 Å². The molecule has 1 amide bonds. The van der Waals surface area contributed by atoms with Crippen LogP contribution >= 0.6 is 0 Å². The monoisotopic (exact) mass is 341 g/mol. The molecule has 0 unspecified atom stereocenters. The molecule has 0 spiro atoms. The van der Waals surface area contributed by atoms with E-state index in [1.807, 2.05) is 42.6 Å². The number of benzene rings is 1. The van der Waals surface area contributed by atoms with Crippen molar-refractivity contribution < 1.29 is 4.79 Å². The van der Waals surface area contributed by atoms with Gasteiger partial charge in [0.15, 0.2) is 0 Å². The van der Waals surface area contributed by atoms with Crippen molar-refractivity contribution in [1.82, 2.24) is 20.3 Å². The van der Waals surface area contributed by atoms with Gasteiger partial charge in [0.25, 0.3) is 5.91 Å². The molecule has 0 bridgehead atoms. The molecular formula is C20H15N5O. The highest BCUT2D eigenvalue weighted by Gasteiger charge is 2.28. The van der Waals surface area contributed by atoms with Crippen molar-refractivity contribution in [3.05, 3.63) is 72.2 Å². The fourth-order valence-corrected chi connectivity index (χ4v) is 3.41. The largest absolute Gasteiger partial charge is 0.360 e. The van der Waals surface area contributed by atoms with Crippen LogP contribution in [0.1, 0.15) is 15.9 Å². The topological polar surface area (TPSA) is 82.7 Å². The number of carbonyl (C=O) groups excluding carboxylic acids is 1. The summed E-state index contributed by atoms with van der Waals surface area (Å²) < 4.78 is 0. The lowest BCUT2D eigenvalue weighted by atomic mass is 10.0. The molecule has 4 heterocycles. The molecular weight excluding hydrogens is 326 g/mol. The molecule has 0 saturated heterocycles. The zero-order chi connectivity index (χ0) is 17.5.